The molecular formula is C16H14O3. The molecule has 0 aromatic heterocycles. The van der Waals surface area contributed by atoms with Crippen LogP contribution in [0.3, 0.4) is 0 Å². The lowest BCUT2D eigenvalue weighted by molar-refractivity contribution is 0.0697. The Hall–Kier alpha value is -2.55. The zero-order valence-corrected chi connectivity index (χ0v) is 10.3. The minimum absolute atomic E-state index is 0.269. The molecule has 0 bridgehead atoms. The molecule has 0 heterocycles. The molecule has 3 nitrogen and oxygen atoms in total. The van der Waals surface area contributed by atoms with Crippen LogP contribution < -0.4 is 0 Å². The van der Waals surface area contributed by atoms with Crippen molar-refractivity contribution in [3.63, 3.8) is 0 Å². The van der Waals surface area contributed by atoms with Gasteiger partial charge in [-0.2, -0.15) is 0 Å². The van der Waals surface area contributed by atoms with Gasteiger partial charge in [0.2, 0.25) is 0 Å². The Bertz CT molecular complexity index is 574. The first-order chi connectivity index (χ1) is 9.25. The second-order valence-corrected chi connectivity index (χ2v) is 4.03. The van der Waals surface area contributed by atoms with Crippen LogP contribution in [0.25, 0.3) is 6.08 Å². The highest BCUT2D eigenvalue weighted by Crippen LogP contribution is 2.08. The van der Waals surface area contributed by atoms with Crippen molar-refractivity contribution < 1.29 is 14.6 Å². The molecule has 0 aliphatic heterocycles. The fraction of sp³-hybridized carbons (Fsp3) is 0.0625. The number of benzene rings is 2. The van der Waals surface area contributed by atoms with E-state index in [1.54, 1.807) is 30.5 Å². The highest BCUT2D eigenvalue weighted by atomic mass is 16.5. The van der Waals surface area contributed by atoms with Crippen LogP contribution in [-0.4, -0.2) is 11.1 Å². The average Bonchev–Trinajstić information content (AvgIpc) is 2.45. The molecule has 2 aromatic rings. The zero-order chi connectivity index (χ0) is 13.5. The van der Waals surface area contributed by atoms with E-state index in [0.29, 0.717) is 6.61 Å². The lowest BCUT2D eigenvalue weighted by Gasteiger charge is -2.01. The second kappa shape index (κ2) is 6.40. The van der Waals surface area contributed by atoms with Gasteiger partial charge in [-0.05, 0) is 29.3 Å². The predicted molar refractivity (Wildman–Crippen MR) is 73.7 cm³/mol. The van der Waals surface area contributed by atoms with E-state index in [-0.39, 0.29) is 5.56 Å². The topological polar surface area (TPSA) is 46.5 Å². The Labute approximate surface area is 111 Å². The first-order valence-corrected chi connectivity index (χ1v) is 5.91. The monoisotopic (exact) mass is 254 g/mol. The van der Waals surface area contributed by atoms with Crippen molar-refractivity contribution in [1.29, 1.82) is 0 Å². The molecule has 1 N–H and O–H groups in total. The summed E-state index contributed by atoms with van der Waals surface area (Å²) in [5.41, 5.74) is 2.16. The van der Waals surface area contributed by atoms with Gasteiger partial charge >= 0.3 is 5.97 Å². The first-order valence-electron chi connectivity index (χ1n) is 5.91. The van der Waals surface area contributed by atoms with E-state index in [0.717, 1.165) is 11.1 Å². The van der Waals surface area contributed by atoms with Gasteiger partial charge in [-0.1, -0.05) is 42.5 Å². The summed E-state index contributed by atoms with van der Waals surface area (Å²) in [7, 11) is 0. The largest absolute Gasteiger partial charge is 0.496 e. The molecule has 96 valence electrons. The minimum atomic E-state index is -0.930. The third kappa shape index (κ3) is 4.00. The van der Waals surface area contributed by atoms with Crippen LogP contribution in [0.15, 0.2) is 60.9 Å². The molecule has 0 spiro atoms. The van der Waals surface area contributed by atoms with Crippen molar-refractivity contribution >= 4 is 12.0 Å². The number of ether oxygens (including phenoxy) is 1. The molecule has 0 amide bonds. The van der Waals surface area contributed by atoms with Gasteiger partial charge in [-0.3, -0.25) is 0 Å². The third-order valence-corrected chi connectivity index (χ3v) is 2.58. The van der Waals surface area contributed by atoms with E-state index in [1.807, 2.05) is 36.4 Å². The van der Waals surface area contributed by atoms with Crippen molar-refractivity contribution in [2.24, 2.45) is 0 Å². The third-order valence-electron chi connectivity index (χ3n) is 2.58. The molecule has 0 radical (unpaired) electrons. The Kier molecular flexibility index (Phi) is 4.34. The Morgan fingerprint density at radius 1 is 1.11 bits per heavy atom. The fourth-order valence-corrected chi connectivity index (χ4v) is 1.62. The second-order valence-electron chi connectivity index (χ2n) is 4.03. The maximum atomic E-state index is 10.8. The van der Waals surface area contributed by atoms with E-state index < -0.39 is 5.97 Å². The van der Waals surface area contributed by atoms with E-state index in [2.05, 4.69) is 0 Å². The molecule has 0 saturated carbocycles. The molecule has 0 atom stereocenters. The number of aromatic carboxylic acids is 1. The Morgan fingerprint density at radius 3 is 2.63 bits per heavy atom. The number of hydrogen-bond acceptors (Lipinski definition) is 2. The van der Waals surface area contributed by atoms with Gasteiger partial charge in [0, 0.05) is 0 Å². The van der Waals surface area contributed by atoms with Gasteiger partial charge in [0.05, 0.1) is 11.8 Å². The zero-order valence-electron chi connectivity index (χ0n) is 10.3. The van der Waals surface area contributed by atoms with E-state index >= 15 is 0 Å². The van der Waals surface area contributed by atoms with Crippen LogP contribution in [0.2, 0.25) is 0 Å². The number of carbonyl (C=O) groups is 1. The van der Waals surface area contributed by atoms with Crippen molar-refractivity contribution in [2.75, 3.05) is 0 Å². The van der Waals surface area contributed by atoms with E-state index in [1.165, 1.54) is 0 Å². The molecule has 0 aliphatic carbocycles. The summed E-state index contributed by atoms with van der Waals surface area (Å²) < 4.78 is 5.40. The SMILES string of the molecule is O=C(O)c1cccc(C=COCc2ccccc2)c1. The minimum Gasteiger partial charge on any atom is -0.496 e. The smallest absolute Gasteiger partial charge is 0.335 e. The molecule has 0 aliphatic rings. The van der Waals surface area contributed by atoms with Crippen LogP contribution in [0.4, 0.5) is 0 Å². The van der Waals surface area contributed by atoms with Gasteiger partial charge in [-0.25, -0.2) is 4.79 Å². The van der Waals surface area contributed by atoms with Crippen molar-refractivity contribution in [1.82, 2.24) is 0 Å². The van der Waals surface area contributed by atoms with Crippen LogP contribution in [0.5, 0.6) is 0 Å². The van der Waals surface area contributed by atoms with Gasteiger partial charge in [0.15, 0.2) is 0 Å². The predicted octanol–water partition coefficient (Wildman–Crippen LogP) is 3.57. The van der Waals surface area contributed by atoms with Crippen LogP contribution in [-0.2, 0) is 11.3 Å². The summed E-state index contributed by atoms with van der Waals surface area (Å²) >= 11 is 0. The van der Waals surface area contributed by atoms with Gasteiger partial charge < -0.3 is 9.84 Å². The summed E-state index contributed by atoms with van der Waals surface area (Å²) in [6, 6.07) is 16.5. The molecule has 0 unspecified atom stereocenters. The van der Waals surface area contributed by atoms with Crippen LogP contribution in [0.1, 0.15) is 21.5 Å². The van der Waals surface area contributed by atoms with E-state index in [4.69, 9.17) is 9.84 Å². The Morgan fingerprint density at radius 2 is 1.89 bits per heavy atom. The van der Waals surface area contributed by atoms with E-state index in [9.17, 15) is 4.79 Å². The molecule has 2 rings (SSSR count). The normalized spacial score (nSPS) is 10.5. The van der Waals surface area contributed by atoms with Crippen molar-refractivity contribution in [3.8, 4) is 0 Å². The molecular weight excluding hydrogens is 240 g/mol. The molecule has 2 aromatic carbocycles. The molecule has 0 saturated heterocycles. The van der Waals surface area contributed by atoms with Gasteiger partial charge in [0.25, 0.3) is 0 Å². The number of rotatable bonds is 5. The standard InChI is InChI=1S/C16H14O3/c17-16(18)15-8-4-7-13(11-15)9-10-19-12-14-5-2-1-3-6-14/h1-11H,12H2,(H,17,18). The average molecular weight is 254 g/mol. The maximum Gasteiger partial charge on any atom is 0.335 e. The highest BCUT2D eigenvalue weighted by Gasteiger charge is 2.00. The quantitative estimate of drug-likeness (QED) is 0.830. The number of carboxylic acids is 1. The first kappa shape index (κ1) is 12.9. The summed E-state index contributed by atoms with van der Waals surface area (Å²) in [5, 5.41) is 8.87. The molecule has 0 fully saturated rings. The van der Waals surface area contributed by atoms with Crippen molar-refractivity contribution in [2.45, 2.75) is 6.61 Å². The molecule has 19 heavy (non-hydrogen) atoms. The summed E-state index contributed by atoms with van der Waals surface area (Å²) in [4.78, 5) is 10.8. The summed E-state index contributed by atoms with van der Waals surface area (Å²) in [5.74, 6) is -0.930. The maximum absolute atomic E-state index is 10.8. The summed E-state index contributed by atoms with van der Waals surface area (Å²) in [6.45, 7) is 0.496. The van der Waals surface area contributed by atoms with Crippen LogP contribution in [0, 0.1) is 0 Å². The van der Waals surface area contributed by atoms with Crippen LogP contribution >= 0.6 is 0 Å². The highest BCUT2D eigenvalue weighted by molar-refractivity contribution is 5.88. The lowest BCUT2D eigenvalue weighted by atomic mass is 10.1. The summed E-state index contributed by atoms with van der Waals surface area (Å²) in [6.07, 6.45) is 3.32. The Balaban J connectivity index is 1.92. The number of hydrogen-bond donors (Lipinski definition) is 1. The van der Waals surface area contributed by atoms with Gasteiger partial charge in [0.1, 0.15) is 6.61 Å². The number of carboxylic acid groups (broad SMARTS) is 1. The fourth-order valence-electron chi connectivity index (χ4n) is 1.62. The van der Waals surface area contributed by atoms with Gasteiger partial charge in [-0.15, -0.1) is 0 Å². The molecule has 3 heteroatoms. The van der Waals surface area contributed by atoms with Crippen molar-refractivity contribution in [3.05, 3.63) is 77.5 Å². The lowest BCUT2D eigenvalue weighted by Crippen LogP contribution is -1.95.